The first-order chi connectivity index (χ1) is 38.1. The van der Waals surface area contributed by atoms with Crippen LogP contribution in [0.3, 0.4) is 0 Å². The van der Waals surface area contributed by atoms with Gasteiger partial charge in [0.05, 0.1) is 36.7 Å². The monoisotopic (exact) mass is 1060 g/mol. The van der Waals surface area contributed by atoms with Crippen molar-refractivity contribution >= 4 is 50.7 Å². The molecule has 7 fully saturated rings. The molecule has 3 aromatic carbocycles. The number of aromatic nitrogens is 3. The number of nitrogens with zero attached hydrogens (tertiary/aromatic N) is 8. The molecule has 2 aromatic heterocycles. The van der Waals surface area contributed by atoms with Crippen molar-refractivity contribution in [1.29, 1.82) is 0 Å². The lowest BCUT2D eigenvalue weighted by Gasteiger charge is -2.43. The minimum Gasteiger partial charge on any atom is -0.468 e. The molecule has 3 unspecified atom stereocenters. The SMILES string of the molecule is CCc1cccc2cc(OCOC)cc(-c3ncc4c(N5CC6CCC(C6)C5)nc(OCC5(CN6CCC(OC7CCN(C8CCN(c9ccc%10c(c9)CN(C9CCC(=O)CC9=O)C%10=O)CC8)CC7)CC6)CC5)nc4c3F)c12. The zero-order chi connectivity index (χ0) is 53.1. The number of halogens is 1. The van der Waals surface area contributed by atoms with Crippen LogP contribution in [0.15, 0.2) is 54.7 Å². The number of benzene rings is 3. The number of aryl methyl sites for hydroxylation is 1. The highest BCUT2D eigenvalue weighted by molar-refractivity contribution is 6.08. The Hall–Kier alpha value is -5.81. The van der Waals surface area contributed by atoms with Gasteiger partial charge in [-0.15, -0.1) is 0 Å². The van der Waals surface area contributed by atoms with Crippen molar-refractivity contribution in [3.05, 3.63) is 77.2 Å². The van der Waals surface area contributed by atoms with Gasteiger partial charge in [-0.2, -0.15) is 9.97 Å². The number of fused-ring (bicyclic) bond motifs is 5. The number of pyridine rings is 1. The summed E-state index contributed by atoms with van der Waals surface area (Å²) in [6.45, 7) is 12.0. The molecule has 412 valence electrons. The van der Waals surface area contributed by atoms with Gasteiger partial charge in [0.25, 0.3) is 5.91 Å². The zero-order valence-electron chi connectivity index (χ0n) is 45.6. The Morgan fingerprint density at radius 2 is 1.56 bits per heavy atom. The molecule has 8 aliphatic rings. The molecule has 0 spiro atoms. The molecule has 3 aliphatic carbocycles. The molecule has 5 aromatic rings. The summed E-state index contributed by atoms with van der Waals surface area (Å²) < 4.78 is 42.1. The summed E-state index contributed by atoms with van der Waals surface area (Å²) in [6.07, 6.45) is 16.1. The molecular formula is C62H75FN8O7. The molecule has 0 radical (unpaired) electrons. The van der Waals surface area contributed by atoms with Gasteiger partial charge in [0, 0.05) is 113 Å². The third-order valence-corrected chi connectivity index (χ3v) is 19.1. The molecule has 7 heterocycles. The van der Waals surface area contributed by atoms with E-state index in [1.165, 1.54) is 19.3 Å². The first-order valence-corrected chi connectivity index (χ1v) is 29.3. The first-order valence-electron chi connectivity index (χ1n) is 29.3. The van der Waals surface area contributed by atoms with Gasteiger partial charge in [0.2, 0.25) is 0 Å². The van der Waals surface area contributed by atoms with Crippen LogP contribution in [0.5, 0.6) is 11.8 Å². The molecule has 1 amide bonds. The van der Waals surface area contributed by atoms with Crippen LogP contribution in [0.4, 0.5) is 15.9 Å². The van der Waals surface area contributed by atoms with Gasteiger partial charge >= 0.3 is 6.01 Å². The Balaban J connectivity index is 0.608. The number of Topliss-reactive ketones (excluding diaryl/α,β-unsaturated/α-hetero) is 2. The number of ether oxygens (including phenoxy) is 4. The number of rotatable bonds is 16. The second-order valence-electron chi connectivity index (χ2n) is 24.2. The predicted octanol–water partition coefficient (Wildman–Crippen LogP) is 9.19. The van der Waals surface area contributed by atoms with Crippen molar-refractivity contribution in [2.24, 2.45) is 17.3 Å². The molecule has 78 heavy (non-hydrogen) atoms. The van der Waals surface area contributed by atoms with E-state index < -0.39 is 11.9 Å². The summed E-state index contributed by atoms with van der Waals surface area (Å²) in [6, 6.07) is 16.5. The van der Waals surface area contributed by atoms with Crippen molar-refractivity contribution in [2.75, 3.05) is 89.2 Å². The summed E-state index contributed by atoms with van der Waals surface area (Å²) in [5.74, 6) is 1.79. The van der Waals surface area contributed by atoms with Crippen molar-refractivity contribution < 1.29 is 37.7 Å². The maximum absolute atomic E-state index is 17.5. The molecule has 5 aliphatic heterocycles. The van der Waals surface area contributed by atoms with Crippen LogP contribution in [-0.2, 0) is 32.0 Å². The fraction of sp³-hybridized carbons (Fsp3) is 0.581. The van der Waals surface area contributed by atoms with Crippen LogP contribution in [0, 0.1) is 23.1 Å². The average Bonchev–Trinajstić information content (AvgIpc) is 4.06. The number of hydrogen-bond acceptors (Lipinski definition) is 14. The zero-order valence-corrected chi connectivity index (χ0v) is 45.6. The lowest BCUT2D eigenvalue weighted by molar-refractivity contribution is -0.133. The predicted molar refractivity (Wildman–Crippen MR) is 297 cm³/mol. The number of carbonyl (C=O) groups excluding carboxylic acids is 3. The van der Waals surface area contributed by atoms with Crippen LogP contribution in [0.2, 0.25) is 0 Å². The maximum atomic E-state index is 17.5. The smallest absolute Gasteiger partial charge is 0.319 e. The molecule has 3 saturated carbocycles. The highest BCUT2D eigenvalue weighted by Crippen LogP contribution is 2.48. The highest BCUT2D eigenvalue weighted by Gasteiger charge is 2.46. The van der Waals surface area contributed by atoms with E-state index in [9.17, 15) is 14.4 Å². The summed E-state index contributed by atoms with van der Waals surface area (Å²) in [5, 5.41) is 2.51. The van der Waals surface area contributed by atoms with Gasteiger partial charge in [-0.05, 0) is 148 Å². The number of amides is 1. The van der Waals surface area contributed by atoms with Crippen molar-refractivity contribution in [3.63, 3.8) is 0 Å². The molecule has 4 saturated heterocycles. The number of ketones is 2. The number of hydrogen-bond donors (Lipinski definition) is 0. The van der Waals surface area contributed by atoms with E-state index in [1.807, 2.05) is 30.3 Å². The second-order valence-corrected chi connectivity index (χ2v) is 24.2. The second kappa shape index (κ2) is 21.7. The lowest BCUT2D eigenvalue weighted by Crippen LogP contribution is -2.49. The topological polar surface area (TPSA) is 143 Å². The molecule has 0 N–H and O–H groups in total. The van der Waals surface area contributed by atoms with Crippen LogP contribution in [-0.4, -0.2) is 151 Å². The van der Waals surface area contributed by atoms with Crippen molar-refractivity contribution in [2.45, 2.75) is 134 Å². The van der Waals surface area contributed by atoms with Crippen LogP contribution in [0.25, 0.3) is 32.9 Å². The Morgan fingerprint density at radius 1 is 0.795 bits per heavy atom. The van der Waals surface area contributed by atoms with Gasteiger partial charge in [0.1, 0.15) is 28.6 Å². The Kier molecular flexibility index (Phi) is 14.3. The number of methoxy groups -OCH3 is 1. The van der Waals surface area contributed by atoms with Gasteiger partial charge in [-0.1, -0.05) is 25.1 Å². The Bertz CT molecular complexity index is 3080. The molecular weight excluding hydrogens is 988 g/mol. The molecule has 2 bridgehead atoms. The quantitative estimate of drug-likeness (QED) is 0.0685. The first kappa shape index (κ1) is 51.6. The standard InChI is InChI=1S/C62H75FN8O7/c1-3-41-5-4-6-42-29-49(77-38-75-2)31-51(55(41)42)57-56(63)58-52(32-64-57)59(70-33-39-7-8-40(27-39)34-70)66-61(65-58)76-37-62(19-20-62)36-67-21-15-47(16-22-67)78-48-17-25-68(26-18-48)44-13-23-69(24-14-44)45-9-11-50-43(28-45)35-71(60(50)74)53-12-10-46(72)30-54(53)73/h4-6,9,11,28-29,31-32,39-40,44,47-48,53H,3,7-8,10,12-27,30,33-38H2,1-2H3. The van der Waals surface area contributed by atoms with E-state index in [0.29, 0.717) is 72.2 Å². The van der Waals surface area contributed by atoms with Crippen LogP contribution >= 0.6 is 0 Å². The van der Waals surface area contributed by atoms with Crippen LogP contribution < -0.4 is 19.3 Å². The fourth-order valence-corrected chi connectivity index (χ4v) is 14.6. The molecule has 15 nitrogen and oxygen atoms in total. The fourth-order valence-electron chi connectivity index (χ4n) is 14.6. The maximum Gasteiger partial charge on any atom is 0.319 e. The summed E-state index contributed by atoms with van der Waals surface area (Å²) in [5.41, 5.74) is 5.07. The number of carbonyl (C=O) groups is 3. The summed E-state index contributed by atoms with van der Waals surface area (Å²) in [7, 11) is 1.59. The van der Waals surface area contributed by atoms with Crippen molar-refractivity contribution in [1.82, 2.24) is 29.7 Å². The molecule has 13 rings (SSSR count). The van der Waals surface area contributed by atoms with Crippen LogP contribution in [0.1, 0.15) is 118 Å². The van der Waals surface area contributed by atoms with E-state index in [0.717, 1.165) is 150 Å². The van der Waals surface area contributed by atoms with E-state index in [4.69, 9.17) is 33.9 Å². The van der Waals surface area contributed by atoms with E-state index in [2.05, 4.69) is 44.7 Å². The Morgan fingerprint density at radius 3 is 2.29 bits per heavy atom. The third-order valence-electron chi connectivity index (χ3n) is 19.1. The normalized spacial score (nSPS) is 24.5. The lowest BCUT2D eigenvalue weighted by atomic mass is 9.92. The van der Waals surface area contributed by atoms with Gasteiger partial charge < -0.3 is 43.4 Å². The number of likely N-dealkylation sites (tertiary alicyclic amines) is 2. The highest BCUT2D eigenvalue weighted by atomic mass is 19.1. The van der Waals surface area contributed by atoms with E-state index in [-0.39, 0.29) is 59.4 Å². The largest absolute Gasteiger partial charge is 0.468 e. The minimum absolute atomic E-state index is 0.0181. The number of anilines is 2. The van der Waals surface area contributed by atoms with Crippen molar-refractivity contribution in [3.8, 4) is 23.0 Å². The average molecular weight is 1060 g/mol. The number of piperidine rings is 4. The van der Waals surface area contributed by atoms with E-state index in [1.54, 1.807) is 18.2 Å². The minimum atomic E-state index is -0.489. The van der Waals surface area contributed by atoms with Gasteiger partial charge in [-0.3, -0.25) is 19.4 Å². The summed E-state index contributed by atoms with van der Waals surface area (Å²) >= 11 is 0. The van der Waals surface area contributed by atoms with Gasteiger partial charge in [-0.25, -0.2) is 4.39 Å². The third kappa shape index (κ3) is 10.3. The summed E-state index contributed by atoms with van der Waals surface area (Å²) in [4.78, 5) is 64.4. The molecule has 16 heteroatoms. The Labute approximate surface area is 457 Å². The van der Waals surface area contributed by atoms with Gasteiger partial charge in [0.15, 0.2) is 18.4 Å². The molecule has 3 atom stereocenters. The van der Waals surface area contributed by atoms with E-state index >= 15 is 4.39 Å².